The number of carbonyl (C=O) groups is 2. The van der Waals surface area contributed by atoms with Crippen molar-refractivity contribution >= 4 is 12.2 Å². The van der Waals surface area contributed by atoms with E-state index in [1.807, 2.05) is 30.3 Å². The molecule has 7 heteroatoms. The molecule has 1 heterocycles. The lowest BCUT2D eigenvalue weighted by atomic mass is 10.0. The van der Waals surface area contributed by atoms with Crippen LogP contribution >= 0.6 is 0 Å². The first-order valence-electron chi connectivity index (χ1n) is 8.36. The molecular formula is C18H26N2O5. The highest BCUT2D eigenvalue weighted by molar-refractivity contribution is 5.69. The molecule has 0 aromatic heterocycles. The van der Waals surface area contributed by atoms with Crippen molar-refractivity contribution in [1.29, 1.82) is 0 Å². The maximum Gasteiger partial charge on any atom is 0.410 e. The molecule has 0 spiro atoms. The Bertz CT molecular complexity index is 585. The van der Waals surface area contributed by atoms with Crippen LogP contribution in [0.4, 0.5) is 9.59 Å². The van der Waals surface area contributed by atoms with Crippen LogP contribution in [0.5, 0.6) is 0 Å². The number of hydrogen-bond donors (Lipinski definition) is 2. The van der Waals surface area contributed by atoms with Gasteiger partial charge in [-0.3, -0.25) is 0 Å². The third-order valence-electron chi connectivity index (χ3n) is 3.61. The van der Waals surface area contributed by atoms with Gasteiger partial charge in [0, 0.05) is 6.54 Å². The van der Waals surface area contributed by atoms with Crippen LogP contribution in [-0.2, 0) is 16.1 Å². The molecule has 25 heavy (non-hydrogen) atoms. The van der Waals surface area contributed by atoms with Gasteiger partial charge in [0.2, 0.25) is 0 Å². The number of nitrogens with one attached hydrogen (secondary N) is 1. The quantitative estimate of drug-likeness (QED) is 0.873. The number of piperidine rings is 1. The van der Waals surface area contributed by atoms with Gasteiger partial charge in [0.1, 0.15) is 12.2 Å². The van der Waals surface area contributed by atoms with Crippen LogP contribution in [0.2, 0.25) is 0 Å². The highest BCUT2D eigenvalue weighted by Gasteiger charge is 2.31. The molecule has 0 aliphatic carbocycles. The zero-order chi connectivity index (χ0) is 18.4. The number of alkyl carbamates (subject to hydrolysis) is 1. The summed E-state index contributed by atoms with van der Waals surface area (Å²) in [5, 5.41) is 12.7. The van der Waals surface area contributed by atoms with Gasteiger partial charge in [-0.05, 0) is 32.8 Å². The van der Waals surface area contributed by atoms with Crippen LogP contribution in [0.3, 0.4) is 0 Å². The summed E-state index contributed by atoms with van der Waals surface area (Å²) in [5.41, 5.74) is 0.280. The molecule has 7 nitrogen and oxygen atoms in total. The lowest BCUT2D eigenvalue weighted by Crippen LogP contribution is -2.54. The Kier molecular flexibility index (Phi) is 6.25. The highest BCUT2D eigenvalue weighted by Crippen LogP contribution is 2.14. The molecule has 2 rings (SSSR count). The van der Waals surface area contributed by atoms with Gasteiger partial charge in [-0.2, -0.15) is 0 Å². The standard InChI is InChI=1S/C18H26N2O5/c1-18(2,3)25-16(22)19-14-9-15(21)11-20(10-14)17(23)24-12-13-7-5-4-6-8-13/h4-8,14-15,21H,9-12H2,1-3H3,(H,19,22)/t14-,15+/m1/s1. The molecule has 1 aromatic rings. The summed E-state index contributed by atoms with van der Waals surface area (Å²) in [6, 6.07) is 8.97. The predicted molar refractivity (Wildman–Crippen MR) is 92.0 cm³/mol. The van der Waals surface area contributed by atoms with E-state index < -0.39 is 23.9 Å². The number of likely N-dealkylation sites (tertiary alicyclic amines) is 1. The summed E-state index contributed by atoms with van der Waals surface area (Å²) < 4.78 is 10.5. The number of benzene rings is 1. The van der Waals surface area contributed by atoms with Crippen molar-refractivity contribution in [3.05, 3.63) is 35.9 Å². The van der Waals surface area contributed by atoms with Gasteiger partial charge in [0.05, 0.1) is 18.7 Å². The second-order valence-electron chi connectivity index (χ2n) is 7.18. The van der Waals surface area contributed by atoms with Gasteiger partial charge in [-0.15, -0.1) is 0 Å². The van der Waals surface area contributed by atoms with Crippen LogP contribution in [0, 0.1) is 0 Å². The van der Waals surface area contributed by atoms with E-state index in [0.717, 1.165) is 5.56 Å². The molecule has 1 aromatic carbocycles. The van der Waals surface area contributed by atoms with Gasteiger partial charge in [-0.1, -0.05) is 30.3 Å². The zero-order valence-electron chi connectivity index (χ0n) is 14.9. The topological polar surface area (TPSA) is 88.1 Å². The van der Waals surface area contributed by atoms with Crippen LogP contribution in [0.1, 0.15) is 32.8 Å². The first-order chi connectivity index (χ1) is 11.7. The summed E-state index contributed by atoms with van der Waals surface area (Å²) in [6.07, 6.45) is -1.44. The maximum atomic E-state index is 12.2. The Morgan fingerprint density at radius 2 is 1.92 bits per heavy atom. The van der Waals surface area contributed by atoms with Crippen molar-refractivity contribution in [1.82, 2.24) is 10.2 Å². The molecule has 2 amide bonds. The minimum Gasteiger partial charge on any atom is -0.445 e. The Labute approximate surface area is 147 Å². The lowest BCUT2D eigenvalue weighted by molar-refractivity contribution is 0.0234. The average molecular weight is 350 g/mol. The van der Waals surface area contributed by atoms with Crippen molar-refractivity contribution in [3.8, 4) is 0 Å². The van der Waals surface area contributed by atoms with Crippen LogP contribution in [0.25, 0.3) is 0 Å². The number of carbonyl (C=O) groups excluding carboxylic acids is 2. The van der Waals surface area contributed by atoms with Crippen molar-refractivity contribution < 1.29 is 24.2 Å². The summed E-state index contributed by atoms with van der Waals surface area (Å²) in [7, 11) is 0. The molecule has 138 valence electrons. The maximum absolute atomic E-state index is 12.2. The number of aliphatic hydroxyl groups is 1. The van der Waals surface area contributed by atoms with Crippen LogP contribution < -0.4 is 5.32 Å². The van der Waals surface area contributed by atoms with E-state index in [2.05, 4.69) is 5.32 Å². The van der Waals surface area contributed by atoms with Crippen molar-refractivity contribution in [2.24, 2.45) is 0 Å². The van der Waals surface area contributed by atoms with Gasteiger partial charge in [-0.25, -0.2) is 9.59 Å². The molecule has 1 fully saturated rings. The fourth-order valence-corrected chi connectivity index (χ4v) is 2.61. The van der Waals surface area contributed by atoms with Crippen LogP contribution in [0.15, 0.2) is 30.3 Å². The molecular weight excluding hydrogens is 324 g/mol. The molecule has 0 bridgehead atoms. The largest absolute Gasteiger partial charge is 0.445 e. The fraction of sp³-hybridized carbons (Fsp3) is 0.556. The number of aliphatic hydroxyl groups excluding tert-OH is 1. The third kappa shape index (κ3) is 6.62. The fourth-order valence-electron chi connectivity index (χ4n) is 2.61. The second kappa shape index (κ2) is 8.20. The minimum atomic E-state index is -0.724. The molecule has 0 saturated carbocycles. The molecule has 0 unspecified atom stereocenters. The van der Waals surface area contributed by atoms with Crippen LogP contribution in [-0.4, -0.2) is 53.0 Å². The summed E-state index contributed by atoms with van der Waals surface area (Å²) in [5.74, 6) is 0. The summed E-state index contributed by atoms with van der Waals surface area (Å²) >= 11 is 0. The monoisotopic (exact) mass is 350 g/mol. The minimum absolute atomic E-state index is 0.163. The van der Waals surface area contributed by atoms with E-state index in [1.165, 1.54) is 4.90 Å². The smallest absolute Gasteiger partial charge is 0.410 e. The Balaban J connectivity index is 1.86. The van der Waals surface area contributed by atoms with Gasteiger partial charge in [0.15, 0.2) is 0 Å². The van der Waals surface area contributed by atoms with Crippen molar-refractivity contribution in [2.45, 2.75) is 51.5 Å². The number of rotatable bonds is 3. The zero-order valence-corrected chi connectivity index (χ0v) is 14.9. The Morgan fingerprint density at radius 1 is 1.24 bits per heavy atom. The molecule has 2 N–H and O–H groups in total. The average Bonchev–Trinajstić information content (AvgIpc) is 2.51. The van der Waals surface area contributed by atoms with E-state index in [-0.39, 0.29) is 25.7 Å². The van der Waals surface area contributed by atoms with Gasteiger partial charge in [0.25, 0.3) is 0 Å². The molecule has 1 saturated heterocycles. The van der Waals surface area contributed by atoms with E-state index in [4.69, 9.17) is 9.47 Å². The van der Waals surface area contributed by atoms with Gasteiger partial charge < -0.3 is 24.8 Å². The number of amides is 2. The Morgan fingerprint density at radius 3 is 2.56 bits per heavy atom. The second-order valence-corrected chi connectivity index (χ2v) is 7.18. The first kappa shape index (κ1) is 19.1. The number of ether oxygens (including phenoxy) is 2. The summed E-state index contributed by atoms with van der Waals surface area (Å²) in [4.78, 5) is 25.5. The highest BCUT2D eigenvalue weighted by atomic mass is 16.6. The first-order valence-corrected chi connectivity index (χ1v) is 8.36. The molecule has 0 radical (unpaired) electrons. The normalized spacial score (nSPS) is 20.7. The van der Waals surface area contributed by atoms with Crippen molar-refractivity contribution in [2.75, 3.05) is 13.1 Å². The predicted octanol–water partition coefficient (Wildman–Crippen LogP) is 2.28. The van der Waals surface area contributed by atoms with E-state index >= 15 is 0 Å². The molecule has 2 atom stereocenters. The SMILES string of the molecule is CC(C)(C)OC(=O)N[C@@H]1C[C@H](O)CN(C(=O)OCc2ccccc2)C1. The van der Waals surface area contributed by atoms with Crippen molar-refractivity contribution in [3.63, 3.8) is 0 Å². The number of β-amino-alcohol motifs (C(OH)–C–C–N with tert-alkyl or cyclic N) is 1. The summed E-state index contributed by atoms with van der Waals surface area (Å²) in [6.45, 7) is 5.93. The molecule has 1 aliphatic heterocycles. The Hall–Kier alpha value is -2.28. The van der Waals surface area contributed by atoms with Gasteiger partial charge >= 0.3 is 12.2 Å². The van der Waals surface area contributed by atoms with E-state index in [1.54, 1.807) is 20.8 Å². The van der Waals surface area contributed by atoms with E-state index in [0.29, 0.717) is 6.42 Å². The van der Waals surface area contributed by atoms with E-state index in [9.17, 15) is 14.7 Å². The lowest BCUT2D eigenvalue weighted by Gasteiger charge is -2.35. The third-order valence-corrected chi connectivity index (χ3v) is 3.61. The molecule has 1 aliphatic rings. The number of nitrogens with zero attached hydrogens (tertiary/aromatic N) is 1. The number of hydrogen-bond acceptors (Lipinski definition) is 5.